The van der Waals surface area contributed by atoms with Crippen molar-refractivity contribution < 1.29 is 0 Å². The molecule has 0 aliphatic carbocycles. The topological polar surface area (TPSA) is 26.0 Å². The summed E-state index contributed by atoms with van der Waals surface area (Å²) in [6.07, 6.45) is 0. The number of hydrogen-bond acceptors (Lipinski definition) is 2. The largest absolute Gasteiger partial charge is 0.330 e. The average molecular weight is 156 g/mol. The molecule has 2 N–H and O–H groups in total. The van der Waals surface area contributed by atoms with Crippen molar-refractivity contribution >= 4 is 24.2 Å². The van der Waals surface area contributed by atoms with Crippen LogP contribution in [0, 0.1) is 0 Å². The molecule has 0 aromatic rings. The molecule has 0 aromatic heterocycles. The van der Waals surface area contributed by atoms with E-state index in [-0.39, 0.29) is 12.4 Å². The molecule has 0 atom stereocenters. The summed E-state index contributed by atoms with van der Waals surface area (Å²) >= 11 is 1.91. The van der Waals surface area contributed by atoms with E-state index in [4.69, 9.17) is 5.73 Å². The van der Waals surface area contributed by atoms with E-state index in [0.717, 1.165) is 17.5 Å². The lowest BCUT2D eigenvalue weighted by Gasteiger charge is -1.99. The molecule has 0 radical (unpaired) electrons. The highest BCUT2D eigenvalue weighted by molar-refractivity contribution is 7.99. The fourth-order valence-corrected chi connectivity index (χ4v) is 0.911. The van der Waals surface area contributed by atoms with E-state index in [0.29, 0.717) is 0 Å². The van der Waals surface area contributed by atoms with Gasteiger partial charge in [0.2, 0.25) is 0 Å². The SMILES string of the molecule is CC(C)SCCN.Cl. The molecule has 3 heteroatoms. The summed E-state index contributed by atoms with van der Waals surface area (Å²) in [6.45, 7) is 5.17. The Labute approximate surface area is 61.8 Å². The van der Waals surface area contributed by atoms with Gasteiger partial charge in [-0.25, -0.2) is 0 Å². The number of hydrogen-bond donors (Lipinski definition) is 1. The van der Waals surface area contributed by atoms with Gasteiger partial charge in [0.05, 0.1) is 0 Å². The van der Waals surface area contributed by atoms with Crippen molar-refractivity contribution in [1.82, 2.24) is 0 Å². The molecule has 0 heterocycles. The van der Waals surface area contributed by atoms with Gasteiger partial charge in [-0.3, -0.25) is 0 Å². The van der Waals surface area contributed by atoms with E-state index in [1.54, 1.807) is 0 Å². The standard InChI is InChI=1S/C5H13NS.ClH/c1-5(2)7-4-3-6;/h5H,3-4,6H2,1-2H3;1H. The molecule has 0 bridgehead atoms. The van der Waals surface area contributed by atoms with Gasteiger partial charge < -0.3 is 5.73 Å². The quantitative estimate of drug-likeness (QED) is 0.669. The number of nitrogens with two attached hydrogens (primary N) is 1. The Morgan fingerprint density at radius 3 is 2.12 bits per heavy atom. The number of halogens is 1. The maximum Gasteiger partial charge on any atom is 0.00584 e. The molecule has 52 valence electrons. The molecule has 0 fully saturated rings. The van der Waals surface area contributed by atoms with E-state index < -0.39 is 0 Å². The van der Waals surface area contributed by atoms with Gasteiger partial charge >= 0.3 is 0 Å². The van der Waals surface area contributed by atoms with Crippen molar-refractivity contribution in [3.05, 3.63) is 0 Å². The first-order valence-electron chi connectivity index (χ1n) is 2.59. The smallest absolute Gasteiger partial charge is 0.00584 e. The highest BCUT2D eigenvalue weighted by atomic mass is 35.5. The van der Waals surface area contributed by atoms with Crippen LogP contribution in [-0.2, 0) is 0 Å². The highest BCUT2D eigenvalue weighted by Gasteiger charge is 1.88. The third-order valence-electron chi connectivity index (χ3n) is 0.569. The molecule has 0 aliphatic rings. The van der Waals surface area contributed by atoms with Gasteiger partial charge in [-0.05, 0) is 5.25 Å². The van der Waals surface area contributed by atoms with Crippen molar-refractivity contribution in [2.75, 3.05) is 12.3 Å². The zero-order valence-corrected chi connectivity index (χ0v) is 7.02. The molecule has 0 saturated heterocycles. The summed E-state index contributed by atoms with van der Waals surface area (Å²) in [5.41, 5.74) is 5.26. The van der Waals surface area contributed by atoms with Crippen LogP contribution in [0.4, 0.5) is 0 Å². The first-order chi connectivity index (χ1) is 3.27. The third-order valence-corrected chi connectivity index (χ3v) is 1.71. The summed E-state index contributed by atoms with van der Waals surface area (Å²) in [7, 11) is 0. The second-order valence-corrected chi connectivity index (χ2v) is 3.39. The van der Waals surface area contributed by atoms with Gasteiger partial charge in [0.1, 0.15) is 0 Å². The van der Waals surface area contributed by atoms with Crippen LogP contribution < -0.4 is 5.73 Å². The van der Waals surface area contributed by atoms with E-state index in [1.165, 1.54) is 0 Å². The maximum atomic E-state index is 5.26. The van der Waals surface area contributed by atoms with Crippen LogP contribution >= 0.6 is 24.2 Å². The number of rotatable bonds is 3. The molecule has 1 nitrogen and oxygen atoms in total. The molecule has 0 amide bonds. The van der Waals surface area contributed by atoms with E-state index in [9.17, 15) is 0 Å². The molecule has 0 aromatic carbocycles. The third kappa shape index (κ3) is 9.78. The molecule has 0 unspecified atom stereocenters. The molecular formula is C5H14ClNS. The van der Waals surface area contributed by atoms with Crippen LogP contribution in [-0.4, -0.2) is 17.5 Å². The minimum atomic E-state index is 0. The van der Waals surface area contributed by atoms with Crippen molar-refractivity contribution in [2.45, 2.75) is 19.1 Å². The first kappa shape index (κ1) is 11.4. The fourth-order valence-electron chi connectivity index (χ4n) is 0.304. The average Bonchev–Trinajstić information content (AvgIpc) is 1.61. The summed E-state index contributed by atoms with van der Waals surface area (Å²) < 4.78 is 0. The molecule has 0 spiro atoms. The number of thioether (sulfide) groups is 1. The van der Waals surface area contributed by atoms with Gasteiger partial charge in [-0.2, -0.15) is 11.8 Å². The van der Waals surface area contributed by atoms with Crippen molar-refractivity contribution in [3.63, 3.8) is 0 Å². The van der Waals surface area contributed by atoms with Crippen LogP contribution in [0.3, 0.4) is 0 Å². The minimum absolute atomic E-state index is 0. The van der Waals surface area contributed by atoms with Gasteiger partial charge in [-0.1, -0.05) is 13.8 Å². The van der Waals surface area contributed by atoms with Crippen LogP contribution in [0.2, 0.25) is 0 Å². The Balaban J connectivity index is 0. The van der Waals surface area contributed by atoms with Crippen LogP contribution in [0.5, 0.6) is 0 Å². The first-order valence-corrected chi connectivity index (χ1v) is 3.64. The zero-order valence-electron chi connectivity index (χ0n) is 5.39. The van der Waals surface area contributed by atoms with Gasteiger partial charge in [-0.15, -0.1) is 12.4 Å². The Bertz CT molecular complexity index is 41.4. The Morgan fingerprint density at radius 1 is 1.50 bits per heavy atom. The molecule has 0 saturated carbocycles. The Morgan fingerprint density at radius 2 is 2.00 bits per heavy atom. The summed E-state index contributed by atoms with van der Waals surface area (Å²) in [4.78, 5) is 0. The van der Waals surface area contributed by atoms with Gasteiger partial charge in [0, 0.05) is 12.3 Å². The monoisotopic (exact) mass is 155 g/mol. The molecular weight excluding hydrogens is 142 g/mol. The van der Waals surface area contributed by atoms with Crippen LogP contribution in [0.25, 0.3) is 0 Å². The predicted octanol–water partition coefficient (Wildman–Crippen LogP) is 1.51. The molecule has 8 heavy (non-hydrogen) atoms. The lowest BCUT2D eigenvalue weighted by molar-refractivity contribution is 1.09. The van der Waals surface area contributed by atoms with Crippen LogP contribution in [0.15, 0.2) is 0 Å². The van der Waals surface area contributed by atoms with Crippen molar-refractivity contribution in [1.29, 1.82) is 0 Å². The molecule has 0 rings (SSSR count). The normalized spacial score (nSPS) is 9.00. The second-order valence-electron chi connectivity index (χ2n) is 1.71. The summed E-state index contributed by atoms with van der Waals surface area (Å²) in [5.74, 6) is 1.09. The van der Waals surface area contributed by atoms with Crippen LogP contribution in [0.1, 0.15) is 13.8 Å². The predicted molar refractivity (Wildman–Crippen MR) is 43.9 cm³/mol. The lowest BCUT2D eigenvalue weighted by Crippen LogP contribution is -2.03. The zero-order chi connectivity index (χ0) is 5.70. The Hall–Kier alpha value is 0.600. The van der Waals surface area contributed by atoms with Crippen molar-refractivity contribution in [2.24, 2.45) is 5.73 Å². The van der Waals surface area contributed by atoms with E-state index in [1.807, 2.05) is 11.8 Å². The van der Waals surface area contributed by atoms with E-state index >= 15 is 0 Å². The summed E-state index contributed by atoms with van der Waals surface area (Å²) in [6, 6.07) is 0. The van der Waals surface area contributed by atoms with Gasteiger partial charge in [0.25, 0.3) is 0 Å². The highest BCUT2D eigenvalue weighted by Crippen LogP contribution is 2.05. The van der Waals surface area contributed by atoms with Gasteiger partial charge in [0.15, 0.2) is 0 Å². The molecule has 0 aliphatic heterocycles. The minimum Gasteiger partial charge on any atom is -0.330 e. The Kier molecular flexibility index (Phi) is 10.8. The lowest BCUT2D eigenvalue weighted by atomic mass is 10.6. The van der Waals surface area contributed by atoms with Crippen molar-refractivity contribution in [3.8, 4) is 0 Å². The summed E-state index contributed by atoms with van der Waals surface area (Å²) in [5, 5.41) is 0.739. The van der Waals surface area contributed by atoms with E-state index in [2.05, 4.69) is 13.8 Å². The maximum absolute atomic E-state index is 5.26. The second kappa shape index (κ2) is 7.60. The fraction of sp³-hybridized carbons (Fsp3) is 1.00.